The van der Waals surface area contributed by atoms with Crippen molar-refractivity contribution in [3.8, 4) is 0 Å². The first-order valence-corrected chi connectivity index (χ1v) is 11.8. The lowest BCUT2D eigenvalue weighted by atomic mass is 10.0. The molecule has 0 aliphatic carbocycles. The Morgan fingerprint density at radius 1 is 1.03 bits per heavy atom. The molecule has 0 spiro atoms. The van der Waals surface area contributed by atoms with Gasteiger partial charge in [0.15, 0.2) is 0 Å². The molecule has 2 aromatic carbocycles. The summed E-state index contributed by atoms with van der Waals surface area (Å²) >= 11 is 0. The summed E-state index contributed by atoms with van der Waals surface area (Å²) in [6.07, 6.45) is 2.56. The highest BCUT2D eigenvalue weighted by atomic mass is 32.2. The number of carbonyl (C=O) groups is 1. The zero-order valence-electron chi connectivity index (χ0n) is 17.3. The monoisotopic (exact) mass is 412 g/mol. The fourth-order valence-electron chi connectivity index (χ4n) is 4.37. The van der Waals surface area contributed by atoms with Gasteiger partial charge in [0.1, 0.15) is 0 Å². The van der Waals surface area contributed by atoms with Crippen LogP contribution in [-0.2, 0) is 16.4 Å². The van der Waals surface area contributed by atoms with Crippen LogP contribution in [0.25, 0.3) is 0 Å². The Bertz CT molecular complexity index is 1040. The lowest BCUT2D eigenvalue weighted by Crippen LogP contribution is -2.38. The summed E-state index contributed by atoms with van der Waals surface area (Å²) in [5.74, 6) is 0.414. The number of piperidine rings is 1. The number of aryl methyl sites for hydroxylation is 1. The van der Waals surface area contributed by atoms with Crippen molar-refractivity contribution in [1.82, 2.24) is 4.31 Å². The number of rotatable bonds is 3. The summed E-state index contributed by atoms with van der Waals surface area (Å²) in [7, 11) is -3.59. The molecule has 0 radical (unpaired) electrons. The van der Waals surface area contributed by atoms with Crippen LogP contribution in [0.3, 0.4) is 0 Å². The van der Waals surface area contributed by atoms with Crippen LogP contribution in [0.2, 0.25) is 0 Å². The molecule has 0 unspecified atom stereocenters. The van der Waals surface area contributed by atoms with Gasteiger partial charge in [-0.05, 0) is 68.4 Å². The van der Waals surface area contributed by atoms with Crippen molar-refractivity contribution in [3.63, 3.8) is 0 Å². The van der Waals surface area contributed by atoms with Gasteiger partial charge >= 0.3 is 0 Å². The van der Waals surface area contributed by atoms with E-state index in [0.717, 1.165) is 36.1 Å². The topological polar surface area (TPSA) is 57.7 Å². The molecule has 2 aromatic rings. The second kappa shape index (κ2) is 7.58. The Balaban J connectivity index is 1.68. The standard InChI is InChI=1S/C23H28N2O3S/c1-16-10-12-24(13-11-16)29(27,28)20-9-8-17(2)21(15-20)23(26)25-18(3)14-19-6-4-5-7-22(19)25/h4-9,15-16,18H,10-14H2,1-3H3/t18-/m0/s1. The van der Waals surface area contributed by atoms with Crippen LogP contribution in [0.15, 0.2) is 47.4 Å². The highest BCUT2D eigenvalue weighted by Crippen LogP contribution is 2.34. The lowest BCUT2D eigenvalue weighted by molar-refractivity contribution is 0.0980. The molecule has 0 bridgehead atoms. The summed E-state index contributed by atoms with van der Waals surface area (Å²) in [5, 5.41) is 0. The number of benzene rings is 2. The second-order valence-corrected chi connectivity index (χ2v) is 10.4. The number of sulfonamides is 1. The van der Waals surface area contributed by atoms with Gasteiger partial charge in [-0.15, -0.1) is 0 Å². The number of hydrogen-bond acceptors (Lipinski definition) is 3. The molecular formula is C23H28N2O3S. The Hall–Kier alpha value is -2.18. The zero-order valence-corrected chi connectivity index (χ0v) is 18.1. The molecule has 0 saturated carbocycles. The maximum Gasteiger partial charge on any atom is 0.258 e. The molecule has 1 atom stereocenters. The second-order valence-electron chi connectivity index (χ2n) is 8.42. The van der Waals surface area contributed by atoms with Crippen molar-refractivity contribution in [2.24, 2.45) is 5.92 Å². The fraction of sp³-hybridized carbons (Fsp3) is 0.435. The molecule has 154 valence electrons. The van der Waals surface area contributed by atoms with Crippen LogP contribution in [0, 0.1) is 12.8 Å². The van der Waals surface area contributed by atoms with Crippen LogP contribution < -0.4 is 4.90 Å². The first kappa shape index (κ1) is 20.1. The molecule has 4 rings (SSSR count). The Labute approximate surface area is 173 Å². The van der Waals surface area contributed by atoms with Crippen molar-refractivity contribution in [2.75, 3.05) is 18.0 Å². The van der Waals surface area contributed by atoms with Gasteiger partial charge in [0.25, 0.3) is 5.91 Å². The van der Waals surface area contributed by atoms with E-state index in [1.54, 1.807) is 27.4 Å². The van der Waals surface area contributed by atoms with E-state index in [2.05, 4.69) is 6.92 Å². The summed E-state index contributed by atoms with van der Waals surface area (Å²) in [6.45, 7) is 7.12. The number of fused-ring (bicyclic) bond motifs is 1. The molecule has 1 amide bonds. The highest BCUT2D eigenvalue weighted by Gasteiger charge is 2.33. The Morgan fingerprint density at radius 2 is 1.72 bits per heavy atom. The Kier molecular flexibility index (Phi) is 5.25. The van der Waals surface area contributed by atoms with Crippen molar-refractivity contribution >= 4 is 21.6 Å². The van der Waals surface area contributed by atoms with E-state index >= 15 is 0 Å². The molecule has 29 heavy (non-hydrogen) atoms. The van der Waals surface area contributed by atoms with Gasteiger partial charge in [-0.3, -0.25) is 4.79 Å². The molecule has 5 nitrogen and oxygen atoms in total. The summed E-state index contributed by atoms with van der Waals surface area (Å²) in [4.78, 5) is 15.5. The number of carbonyl (C=O) groups excluding carboxylic acids is 1. The first-order chi connectivity index (χ1) is 13.8. The minimum Gasteiger partial charge on any atom is -0.305 e. The van der Waals surface area contributed by atoms with E-state index in [-0.39, 0.29) is 16.8 Å². The number of anilines is 1. The Morgan fingerprint density at radius 3 is 2.45 bits per heavy atom. The number of para-hydroxylation sites is 1. The van der Waals surface area contributed by atoms with Crippen LogP contribution in [0.4, 0.5) is 5.69 Å². The van der Waals surface area contributed by atoms with Crippen LogP contribution >= 0.6 is 0 Å². The SMILES string of the molecule is Cc1ccc(S(=O)(=O)N2CCC(C)CC2)cc1C(=O)N1c2ccccc2C[C@@H]1C. The molecule has 0 N–H and O–H groups in total. The third-order valence-electron chi connectivity index (χ3n) is 6.25. The molecule has 2 aliphatic heterocycles. The largest absolute Gasteiger partial charge is 0.305 e. The predicted molar refractivity (Wildman–Crippen MR) is 115 cm³/mol. The van der Waals surface area contributed by atoms with Crippen LogP contribution in [0.5, 0.6) is 0 Å². The van der Waals surface area contributed by atoms with E-state index < -0.39 is 10.0 Å². The predicted octanol–water partition coefficient (Wildman–Crippen LogP) is 4.01. The number of hydrogen-bond donors (Lipinski definition) is 0. The molecular weight excluding hydrogens is 384 g/mol. The van der Waals surface area contributed by atoms with E-state index in [0.29, 0.717) is 24.6 Å². The summed E-state index contributed by atoms with van der Waals surface area (Å²) in [6, 6.07) is 12.9. The summed E-state index contributed by atoms with van der Waals surface area (Å²) < 4.78 is 27.9. The van der Waals surface area contributed by atoms with Crippen molar-refractivity contribution in [1.29, 1.82) is 0 Å². The van der Waals surface area contributed by atoms with E-state index in [1.807, 2.05) is 38.1 Å². The van der Waals surface area contributed by atoms with Crippen molar-refractivity contribution in [2.45, 2.75) is 51.0 Å². The van der Waals surface area contributed by atoms with Gasteiger partial charge < -0.3 is 4.90 Å². The van der Waals surface area contributed by atoms with Crippen molar-refractivity contribution in [3.05, 3.63) is 59.2 Å². The van der Waals surface area contributed by atoms with Gasteiger partial charge in [-0.1, -0.05) is 31.2 Å². The number of amides is 1. The third kappa shape index (κ3) is 3.60. The summed E-state index contributed by atoms with van der Waals surface area (Å²) in [5.41, 5.74) is 3.32. The fourth-order valence-corrected chi connectivity index (χ4v) is 5.87. The number of nitrogens with zero attached hydrogens (tertiary/aromatic N) is 2. The van der Waals surface area contributed by atoms with Gasteiger partial charge in [-0.2, -0.15) is 4.31 Å². The minimum absolute atomic E-state index is 0.0446. The molecule has 6 heteroatoms. The normalized spacial score (nSPS) is 20.7. The van der Waals surface area contributed by atoms with Gasteiger partial charge in [0, 0.05) is 30.4 Å². The van der Waals surface area contributed by atoms with Gasteiger partial charge in [0.2, 0.25) is 10.0 Å². The maximum absolute atomic E-state index is 13.5. The molecule has 1 fully saturated rings. The van der Waals surface area contributed by atoms with E-state index in [4.69, 9.17) is 0 Å². The van der Waals surface area contributed by atoms with Crippen LogP contribution in [0.1, 0.15) is 48.2 Å². The lowest BCUT2D eigenvalue weighted by Gasteiger charge is -2.29. The quantitative estimate of drug-likeness (QED) is 0.765. The smallest absolute Gasteiger partial charge is 0.258 e. The minimum atomic E-state index is -3.59. The van der Waals surface area contributed by atoms with E-state index in [9.17, 15) is 13.2 Å². The molecule has 2 heterocycles. The maximum atomic E-state index is 13.5. The molecule has 2 aliphatic rings. The van der Waals surface area contributed by atoms with Crippen LogP contribution in [-0.4, -0.2) is 37.8 Å². The van der Waals surface area contributed by atoms with Gasteiger partial charge in [0.05, 0.1) is 4.90 Å². The zero-order chi connectivity index (χ0) is 20.8. The van der Waals surface area contributed by atoms with Gasteiger partial charge in [-0.25, -0.2) is 8.42 Å². The molecule has 0 aromatic heterocycles. The highest BCUT2D eigenvalue weighted by molar-refractivity contribution is 7.89. The first-order valence-electron chi connectivity index (χ1n) is 10.3. The van der Waals surface area contributed by atoms with E-state index in [1.165, 1.54) is 0 Å². The average Bonchev–Trinajstić information content (AvgIpc) is 3.03. The van der Waals surface area contributed by atoms with Crippen molar-refractivity contribution < 1.29 is 13.2 Å². The average molecular weight is 413 g/mol. The third-order valence-corrected chi connectivity index (χ3v) is 8.14. The molecule has 1 saturated heterocycles.